The molecule has 0 bridgehead atoms. The Morgan fingerprint density at radius 1 is 1.41 bits per heavy atom. The first kappa shape index (κ1) is 10.6. The first-order valence-corrected chi connectivity index (χ1v) is 6.33. The van der Waals surface area contributed by atoms with Crippen LogP contribution in [0.2, 0.25) is 0 Å². The molecule has 2 aromatic rings. The molecule has 1 unspecified atom stereocenters. The summed E-state index contributed by atoms with van der Waals surface area (Å²) in [6.07, 6.45) is 5.69. The van der Waals surface area contributed by atoms with Gasteiger partial charge in [-0.15, -0.1) is 0 Å². The van der Waals surface area contributed by atoms with Gasteiger partial charge in [-0.3, -0.25) is 5.10 Å². The van der Waals surface area contributed by atoms with Gasteiger partial charge in [-0.2, -0.15) is 5.10 Å². The Hall–Kier alpha value is -1.51. The highest BCUT2D eigenvalue weighted by atomic mass is 15.1. The number of hydrogen-bond donors (Lipinski definition) is 2. The second kappa shape index (κ2) is 3.76. The van der Waals surface area contributed by atoms with Gasteiger partial charge in [-0.25, -0.2) is 0 Å². The van der Waals surface area contributed by atoms with E-state index in [1.54, 1.807) is 0 Å². The van der Waals surface area contributed by atoms with Crippen LogP contribution in [0.15, 0.2) is 24.4 Å². The van der Waals surface area contributed by atoms with Crippen molar-refractivity contribution in [1.82, 2.24) is 10.2 Å². The van der Waals surface area contributed by atoms with Crippen molar-refractivity contribution >= 4 is 16.6 Å². The van der Waals surface area contributed by atoms with Crippen molar-refractivity contribution in [1.29, 1.82) is 0 Å². The van der Waals surface area contributed by atoms with Gasteiger partial charge < -0.3 is 5.32 Å². The fourth-order valence-corrected chi connectivity index (χ4v) is 2.87. The molecule has 90 valence electrons. The molecule has 3 heteroatoms. The van der Waals surface area contributed by atoms with Crippen molar-refractivity contribution in [2.75, 3.05) is 5.32 Å². The van der Waals surface area contributed by atoms with Crippen molar-refractivity contribution < 1.29 is 0 Å². The number of aromatic amines is 1. The van der Waals surface area contributed by atoms with Crippen LogP contribution in [0.4, 0.5) is 5.69 Å². The van der Waals surface area contributed by atoms with Crippen molar-refractivity contribution in [3.63, 3.8) is 0 Å². The third-order valence-corrected chi connectivity index (χ3v) is 3.80. The van der Waals surface area contributed by atoms with Gasteiger partial charge in [-0.1, -0.05) is 26.0 Å². The molecule has 0 radical (unpaired) electrons. The predicted octanol–water partition coefficient (Wildman–Crippen LogP) is 3.55. The maximum absolute atomic E-state index is 4.10. The SMILES string of the molecule is CC1(C)CCC(Nc2cccc3cn[nH]c23)C1. The van der Waals surface area contributed by atoms with Crippen molar-refractivity contribution in [2.24, 2.45) is 5.41 Å². The molecule has 1 heterocycles. The molecule has 1 fully saturated rings. The summed E-state index contributed by atoms with van der Waals surface area (Å²) in [6, 6.07) is 6.90. The molecule has 1 atom stereocenters. The lowest BCUT2D eigenvalue weighted by Crippen LogP contribution is -2.17. The Kier molecular flexibility index (Phi) is 2.35. The third-order valence-electron chi connectivity index (χ3n) is 3.80. The lowest BCUT2D eigenvalue weighted by atomic mass is 9.92. The number of aromatic nitrogens is 2. The number of benzene rings is 1. The molecule has 0 spiro atoms. The Balaban J connectivity index is 1.84. The summed E-state index contributed by atoms with van der Waals surface area (Å²) in [4.78, 5) is 0. The van der Waals surface area contributed by atoms with E-state index >= 15 is 0 Å². The molecular formula is C14H19N3. The van der Waals surface area contributed by atoms with Crippen LogP contribution in [0.5, 0.6) is 0 Å². The fourth-order valence-electron chi connectivity index (χ4n) is 2.87. The molecule has 0 amide bonds. The Bertz CT molecular complexity index is 527. The van der Waals surface area contributed by atoms with Gasteiger partial charge in [0.25, 0.3) is 0 Å². The topological polar surface area (TPSA) is 40.7 Å². The summed E-state index contributed by atoms with van der Waals surface area (Å²) < 4.78 is 0. The van der Waals surface area contributed by atoms with Crippen LogP contribution in [-0.2, 0) is 0 Å². The van der Waals surface area contributed by atoms with E-state index in [0.717, 1.165) is 5.52 Å². The molecule has 1 aliphatic rings. The summed E-state index contributed by atoms with van der Waals surface area (Å²) in [7, 11) is 0. The molecule has 0 aliphatic heterocycles. The minimum Gasteiger partial charge on any atom is -0.381 e. The number of rotatable bonds is 2. The maximum Gasteiger partial charge on any atom is 0.0881 e. The number of nitrogens with zero attached hydrogens (tertiary/aromatic N) is 1. The number of H-pyrrole nitrogens is 1. The third kappa shape index (κ3) is 2.02. The van der Waals surface area contributed by atoms with Gasteiger partial charge in [-0.05, 0) is 30.7 Å². The van der Waals surface area contributed by atoms with E-state index in [-0.39, 0.29) is 0 Å². The highest BCUT2D eigenvalue weighted by Gasteiger charge is 2.30. The number of fused-ring (bicyclic) bond motifs is 1. The second-order valence-electron chi connectivity index (χ2n) is 5.89. The largest absolute Gasteiger partial charge is 0.381 e. The summed E-state index contributed by atoms with van der Waals surface area (Å²) in [6.45, 7) is 4.71. The van der Waals surface area contributed by atoms with Crippen LogP contribution in [0.1, 0.15) is 33.1 Å². The number of hydrogen-bond acceptors (Lipinski definition) is 2. The van der Waals surface area contributed by atoms with Crippen LogP contribution in [-0.4, -0.2) is 16.2 Å². The van der Waals surface area contributed by atoms with E-state index in [9.17, 15) is 0 Å². The molecule has 2 N–H and O–H groups in total. The average molecular weight is 229 g/mol. The zero-order valence-corrected chi connectivity index (χ0v) is 10.5. The van der Waals surface area contributed by atoms with E-state index in [1.807, 2.05) is 6.20 Å². The van der Waals surface area contributed by atoms with E-state index in [0.29, 0.717) is 11.5 Å². The molecule has 1 aromatic heterocycles. The predicted molar refractivity (Wildman–Crippen MR) is 71.1 cm³/mol. The van der Waals surface area contributed by atoms with Gasteiger partial charge in [0.15, 0.2) is 0 Å². The summed E-state index contributed by atoms with van der Waals surface area (Å²) in [5.41, 5.74) is 2.79. The highest BCUT2D eigenvalue weighted by molar-refractivity contribution is 5.90. The monoisotopic (exact) mass is 229 g/mol. The van der Waals surface area contributed by atoms with Crippen LogP contribution in [0, 0.1) is 5.41 Å². The lowest BCUT2D eigenvalue weighted by Gasteiger charge is -2.18. The Labute approximate surface area is 102 Å². The van der Waals surface area contributed by atoms with Crippen LogP contribution < -0.4 is 5.32 Å². The van der Waals surface area contributed by atoms with Crippen molar-refractivity contribution in [3.05, 3.63) is 24.4 Å². The Morgan fingerprint density at radius 3 is 3.06 bits per heavy atom. The molecule has 0 saturated heterocycles. The molecule has 1 aliphatic carbocycles. The Morgan fingerprint density at radius 2 is 2.29 bits per heavy atom. The zero-order valence-electron chi connectivity index (χ0n) is 10.5. The fraction of sp³-hybridized carbons (Fsp3) is 0.500. The molecular weight excluding hydrogens is 210 g/mol. The minimum absolute atomic E-state index is 0.486. The average Bonchev–Trinajstić information content (AvgIpc) is 2.85. The first-order valence-electron chi connectivity index (χ1n) is 6.33. The van der Waals surface area contributed by atoms with Crippen molar-refractivity contribution in [2.45, 2.75) is 39.2 Å². The van der Waals surface area contributed by atoms with Gasteiger partial charge in [0.1, 0.15) is 0 Å². The first-order chi connectivity index (χ1) is 8.14. The highest BCUT2D eigenvalue weighted by Crippen LogP contribution is 2.38. The van der Waals surface area contributed by atoms with E-state index in [4.69, 9.17) is 0 Å². The maximum atomic E-state index is 4.10. The number of nitrogens with one attached hydrogen (secondary N) is 2. The van der Waals surface area contributed by atoms with E-state index in [2.05, 4.69) is 47.6 Å². The summed E-state index contributed by atoms with van der Waals surface area (Å²) in [5.74, 6) is 0. The number of para-hydroxylation sites is 1. The number of anilines is 1. The smallest absolute Gasteiger partial charge is 0.0881 e. The van der Waals surface area contributed by atoms with Gasteiger partial charge >= 0.3 is 0 Å². The molecule has 3 rings (SSSR count). The quantitative estimate of drug-likeness (QED) is 0.826. The van der Waals surface area contributed by atoms with Crippen LogP contribution >= 0.6 is 0 Å². The standard InChI is InChI=1S/C14H19N3/c1-14(2)7-6-11(8-14)16-12-5-3-4-10-9-15-17-13(10)12/h3-5,9,11,16H,6-8H2,1-2H3,(H,15,17). The molecule has 17 heavy (non-hydrogen) atoms. The van der Waals surface area contributed by atoms with Gasteiger partial charge in [0.05, 0.1) is 17.4 Å². The van der Waals surface area contributed by atoms with Gasteiger partial charge in [0.2, 0.25) is 0 Å². The molecule has 1 saturated carbocycles. The zero-order chi connectivity index (χ0) is 11.9. The van der Waals surface area contributed by atoms with Gasteiger partial charge in [0, 0.05) is 11.4 Å². The minimum atomic E-state index is 0.486. The summed E-state index contributed by atoms with van der Waals surface area (Å²) in [5, 5.41) is 12.0. The molecule has 1 aromatic carbocycles. The van der Waals surface area contributed by atoms with E-state index < -0.39 is 0 Å². The summed E-state index contributed by atoms with van der Waals surface area (Å²) >= 11 is 0. The van der Waals surface area contributed by atoms with Crippen LogP contribution in [0.3, 0.4) is 0 Å². The second-order valence-corrected chi connectivity index (χ2v) is 5.89. The lowest BCUT2D eigenvalue weighted by molar-refractivity contribution is 0.378. The molecule has 3 nitrogen and oxygen atoms in total. The van der Waals surface area contributed by atoms with E-state index in [1.165, 1.54) is 30.3 Å². The normalized spacial score (nSPS) is 23.1. The van der Waals surface area contributed by atoms with Crippen molar-refractivity contribution in [3.8, 4) is 0 Å². The van der Waals surface area contributed by atoms with Crippen LogP contribution in [0.25, 0.3) is 10.9 Å².